The number of amides is 2. The van der Waals surface area contributed by atoms with E-state index < -0.39 is 0 Å². The average Bonchev–Trinajstić information content (AvgIpc) is 2.41. The number of carbonyl (C=O) groups excluding carboxylic acids is 2. The van der Waals surface area contributed by atoms with Gasteiger partial charge in [-0.15, -0.1) is 0 Å². The summed E-state index contributed by atoms with van der Waals surface area (Å²) in [6.07, 6.45) is 1.15. The predicted molar refractivity (Wildman–Crippen MR) is 67.3 cm³/mol. The van der Waals surface area contributed by atoms with Gasteiger partial charge in [0.15, 0.2) is 0 Å². The van der Waals surface area contributed by atoms with Gasteiger partial charge in [-0.05, 0) is 18.9 Å². The Morgan fingerprint density at radius 3 is 2.47 bits per heavy atom. The molecule has 0 bridgehead atoms. The molecule has 7 nitrogen and oxygen atoms in total. The molecule has 1 fully saturated rings. The van der Waals surface area contributed by atoms with Crippen LogP contribution in [0.3, 0.4) is 0 Å². The highest BCUT2D eigenvalue weighted by atomic mass is 16.2. The van der Waals surface area contributed by atoms with Crippen molar-refractivity contribution in [3.63, 3.8) is 0 Å². The third-order valence-electron chi connectivity index (χ3n) is 3.36. The SMILES string of the molecule is Cn1nc(C(=O)N2CCC(C(N)=O)CC2)ccc1=O. The summed E-state index contributed by atoms with van der Waals surface area (Å²) in [7, 11) is 1.50. The molecule has 1 aliphatic heterocycles. The summed E-state index contributed by atoms with van der Waals surface area (Å²) >= 11 is 0. The molecule has 0 saturated carbocycles. The monoisotopic (exact) mass is 264 g/mol. The maximum Gasteiger partial charge on any atom is 0.274 e. The number of likely N-dealkylation sites (tertiary alicyclic amines) is 1. The van der Waals surface area contributed by atoms with Crippen molar-refractivity contribution in [1.29, 1.82) is 0 Å². The Morgan fingerprint density at radius 1 is 1.32 bits per heavy atom. The van der Waals surface area contributed by atoms with Crippen molar-refractivity contribution in [2.45, 2.75) is 12.8 Å². The Labute approximate surface area is 110 Å². The average molecular weight is 264 g/mol. The van der Waals surface area contributed by atoms with E-state index in [1.165, 1.54) is 19.2 Å². The zero-order valence-electron chi connectivity index (χ0n) is 10.7. The van der Waals surface area contributed by atoms with Crippen LogP contribution in [0, 0.1) is 5.92 Å². The maximum atomic E-state index is 12.2. The maximum absolute atomic E-state index is 12.2. The number of aryl methyl sites for hydroxylation is 1. The van der Waals surface area contributed by atoms with Gasteiger partial charge in [0.2, 0.25) is 5.91 Å². The second-order valence-electron chi connectivity index (χ2n) is 4.65. The van der Waals surface area contributed by atoms with Crippen LogP contribution in [0.15, 0.2) is 16.9 Å². The van der Waals surface area contributed by atoms with E-state index >= 15 is 0 Å². The first kappa shape index (κ1) is 13.3. The number of rotatable bonds is 2. The largest absolute Gasteiger partial charge is 0.369 e. The number of nitrogens with zero attached hydrogens (tertiary/aromatic N) is 3. The summed E-state index contributed by atoms with van der Waals surface area (Å²) in [6.45, 7) is 0.966. The molecule has 0 radical (unpaired) electrons. The molecule has 19 heavy (non-hydrogen) atoms. The Bertz CT molecular complexity index is 558. The summed E-state index contributed by atoms with van der Waals surface area (Å²) in [5, 5.41) is 3.92. The van der Waals surface area contributed by atoms with Crippen LogP contribution in [-0.4, -0.2) is 39.6 Å². The van der Waals surface area contributed by atoms with Crippen molar-refractivity contribution in [2.75, 3.05) is 13.1 Å². The van der Waals surface area contributed by atoms with Crippen molar-refractivity contribution < 1.29 is 9.59 Å². The third kappa shape index (κ3) is 2.81. The zero-order chi connectivity index (χ0) is 14.0. The third-order valence-corrected chi connectivity index (χ3v) is 3.36. The highest BCUT2D eigenvalue weighted by Crippen LogP contribution is 2.17. The molecule has 0 spiro atoms. The molecule has 2 heterocycles. The molecule has 0 atom stereocenters. The lowest BCUT2D eigenvalue weighted by molar-refractivity contribution is -0.123. The van der Waals surface area contributed by atoms with Gasteiger partial charge in [0, 0.05) is 32.1 Å². The fourth-order valence-electron chi connectivity index (χ4n) is 2.15. The topological polar surface area (TPSA) is 98.3 Å². The van der Waals surface area contributed by atoms with E-state index in [0.717, 1.165) is 4.68 Å². The summed E-state index contributed by atoms with van der Waals surface area (Å²) in [4.78, 5) is 36.1. The summed E-state index contributed by atoms with van der Waals surface area (Å²) in [5.41, 5.74) is 5.22. The van der Waals surface area contributed by atoms with Crippen LogP contribution in [0.25, 0.3) is 0 Å². The molecular formula is C12H16N4O3. The number of primary amides is 1. The molecule has 2 N–H and O–H groups in total. The van der Waals surface area contributed by atoms with Gasteiger partial charge in [0.1, 0.15) is 5.69 Å². The summed E-state index contributed by atoms with van der Waals surface area (Å²) < 4.78 is 1.13. The van der Waals surface area contributed by atoms with Gasteiger partial charge in [-0.1, -0.05) is 0 Å². The second kappa shape index (κ2) is 5.21. The van der Waals surface area contributed by atoms with Gasteiger partial charge in [-0.2, -0.15) is 5.10 Å². The molecule has 7 heteroatoms. The number of carbonyl (C=O) groups is 2. The van der Waals surface area contributed by atoms with Gasteiger partial charge in [0.25, 0.3) is 11.5 Å². The zero-order valence-corrected chi connectivity index (χ0v) is 10.7. The van der Waals surface area contributed by atoms with E-state index in [9.17, 15) is 14.4 Å². The quantitative estimate of drug-likeness (QED) is 0.749. The van der Waals surface area contributed by atoms with E-state index in [1.807, 2.05) is 0 Å². The first-order chi connectivity index (χ1) is 8.99. The standard InChI is InChI=1S/C12H16N4O3/c1-15-10(17)3-2-9(14-15)12(19)16-6-4-8(5-7-16)11(13)18/h2-3,8H,4-7H2,1H3,(H2,13,18). The van der Waals surface area contributed by atoms with Crippen molar-refractivity contribution in [3.05, 3.63) is 28.2 Å². The second-order valence-corrected chi connectivity index (χ2v) is 4.65. The number of hydrogen-bond acceptors (Lipinski definition) is 4. The fourth-order valence-corrected chi connectivity index (χ4v) is 2.15. The van der Waals surface area contributed by atoms with Crippen molar-refractivity contribution >= 4 is 11.8 Å². The first-order valence-corrected chi connectivity index (χ1v) is 6.12. The number of piperidine rings is 1. The normalized spacial score (nSPS) is 16.4. The summed E-state index contributed by atoms with van der Waals surface area (Å²) in [5.74, 6) is -0.692. The van der Waals surface area contributed by atoms with Crippen LogP contribution < -0.4 is 11.3 Å². The Hall–Kier alpha value is -2.18. The van der Waals surface area contributed by atoms with Gasteiger partial charge < -0.3 is 10.6 Å². The molecule has 2 rings (SSSR count). The molecule has 0 unspecified atom stereocenters. The van der Waals surface area contributed by atoms with E-state index in [0.29, 0.717) is 25.9 Å². The molecule has 0 aromatic carbocycles. The van der Waals surface area contributed by atoms with Crippen LogP contribution in [-0.2, 0) is 11.8 Å². The number of aromatic nitrogens is 2. The lowest BCUT2D eigenvalue weighted by Crippen LogP contribution is -2.42. The van der Waals surface area contributed by atoms with Crippen LogP contribution in [0.2, 0.25) is 0 Å². The molecule has 2 amide bonds. The van der Waals surface area contributed by atoms with Crippen LogP contribution >= 0.6 is 0 Å². The van der Waals surface area contributed by atoms with Gasteiger partial charge in [-0.25, -0.2) is 4.68 Å². The Morgan fingerprint density at radius 2 is 1.95 bits per heavy atom. The highest BCUT2D eigenvalue weighted by molar-refractivity contribution is 5.92. The number of hydrogen-bond donors (Lipinski definition) is 1. The molecule has 1 aromatic heterocycles. The minimum atomic E-state index is -0.313. The van der Waals surface area contributed by atoms with Crippen LogP contribution in [0.4, 0.5) is 0 Å². The van der Waals surface area contributed by atoms with E-state index in [4.69, 9.17) is 5.73 Å². The van der Waals surface area contributed by atoms with Crippen LogP contribution in [0.1, 0.15) is 23.3 Å². The fraction of sp³-hybridized carbons (Fsp3) is 0.500. The molecule has 1 aliphatic rings. The van der Waals surface area contributed by atoms with Gasteiger partial charge in [-0.3, -0.25) is 14.4 Å². The molecule has 1 saturated heterocycles. The van der Waals surface area contributed by atoms with Gasteiger partial charge >= 0.3 is 0 Å². The van der Waals surface area contributed by atoms with E-state index in [-0.39, 0.29) is 29.0 Å². The Balaban J connectivity index is 2.07. The minimum Gasteiger partial charge on any atom is -0.369 e. The first-order valence-electron chi connectivity index (χ1n) is 6.12. The molecule has 102 valence electrons. The number of nitrogens with two attached hydrogens (primary N) is 1. The lowest BCUT2D eigenvalue weighted by atomic mass is 9.96. The summed E-state index contributed by atoms with van der Waals surface area (Å²) in [6, 6.07) is 2.74. The van der Waals surface area contributed by atoms with Crippen molar-refractivity contribution in [1.82, 2.24) is 14.7 Å². The van der Waals surface area contributed by atoms with Crippen LogP contribution in [0.5, 0.6) is 0 Å². The van der Waals surface area contributed by atoms with E-state index in [1.54, 1.807) is 4.90 Å². The van der Waals surface area contributed by atoms with Gasteiger partial charge in [0.05, 0.1) is 0 Å². The van der Waals surface area contributed by atoms with Crippen molar-refractivity contribution in [3.8, 4) is 0 Å². The molecule has 1 aromatic rings. The lowest BCUT2D eigenvalue weighted by Gasteiger charge is -2.30. The molecule has 0 aliphatic carbocycles. The van der Waals surface area contributed by atoms with Crippen molar-refractivity contribution in [2.24, 2.45) is 18.7 Å². The smallest absolute Gasteiger partial charge is 0.274 e. The molecular weight excluding hydrogens is 248 g/mol. The minimum absolute atomic E-state index is 0.155. The predicted octanol–water partition coefficient (Wildman–Crippen LogP) is -0.882. The Kier molecular flexibility index (Phi) is 3.64. The highest BCUT2D eigenvalue weighted by Gasteiger charge is 2.27. The van der Waals surface area contributed by atoms with E-state index in [2.05, 4.69) is 5.10 Å².